The second kappa shape index (κ2) is 7.38. The van der Waals surface area contributed by atoms with Gasteiger partial charge in [0.15, 0.2) is 0 Å². The van der Waals surface area contributed by atoms with E-state index in [4.69, 9.17) is 16.4 Å². The van der Waals surface area contributed by atoms with Crippen LogP contribution in [0.5, 0.6) is 0 Å². The Bertz CT molecular complexity index is 1040. The van der Waals surface area contributed by atoms with Crippen molar-refractivity contribution in [2.24, 2.45) is 0 Å². The number of carbonyl (C=O) groups excluding carboxylic acids is 2. The monoisotopic (exact) mass is 444 g/mol. The van der Waals surface area contributed by atoms with Crippen LogP contribution in [0.1, 0.15) is 32.7 Å². The normalized spacial score (nSPS) is 13.5. The number of aryl methyl sites for hydroxylation is 1. The molecular formula is C20H14BrClN2O3. The largest absolute Gasteiger partial charge is 0.285 e. The summed E-state index contributed by atoms with van der Waals surface area (Å²) < 4.78 is 0.945. The van der Waals surface area contributed by atoms with Crippen LogP contribution in [-0.4, -0.2) is 28.5 Å². The van der Waals surface area contributed by atoms with Crippen molar-refractivity contribution in [2.45, 2.75) is 12.8 Å². The Kier molecular flexibility index (Phi) is 4.95. The number of hydrogen-bond donors (Lipinski definition) is 0. The molecule has 2 heterocycles. The van der Waals surface area contributed by atoms with Gasteiger partial charge in [0, 0.05) is 9.86 Å². The van der Waals surface area contributed by atoms with E-state index in [0.717, 1.165) is 26.0 Å². The van der Waals surface area contributed by atoms with Gasteiger partial charge in [-0.1, -0.05) is 45.7 Å². The molecule has 136 valence electrons. The van der Waals surface area contributed by atoms with Crippen LogP contribution < -0.4 is 0 Å². The van der Waals surface area contributed by atoms with Gasteiger partial charge in [-0.3, -0.25) is 14.4 Å². The second-order valence-electron chi connectivity index (χ2n) is 6.16. The molecule has 0 bridgehead atoms. The first-order chi connectivity index (χ1) is 13.0. The van der Waals surface area contributed by atoms with Gasteiger partial charge >= 0.3 is 0 Å². The number of aromatic nitrogens is 1. The van der Waals surface area contributed by atoms with E-state index >= 15 is 0 Å². The van der Waals surface area contributed by atoms with Gasteiger partial charge in [-0.2, -0.15) is 0 Å². The van der Waals surface area contributed by atoms with Crippen molar-refractivity contribution in [2.75, 3.05) is 6.61 Å². The van der Waals surface area contributed by atoms with Crippen LogP contribution in [0.2, 0.25) is 5.15 Å². The average Bonchev–Trinajstić information content (AvgIpc) is 2.90. The van der Waals surface area contributed by atoms with Crippen LogP contribution in [0.3, 0.4) is 0 Å². The summed E-state index contributed by atoms with van der Waals surface area (Å²) in [5.41, 5.74) is 2.46. The van der Waals surface area contributed by atoms with Gasteiger partial charge in [0.1, 0.15) is 5.15 Å². The number of benzene rings is 2. The zero-order chi connectivity index (χ0) is 19.0. The molecule has 27 heavy (non-hydrogen) atoms. The zero-order valence-corrected chi connectivity index (χ0v) is 16.5. The lowest BCUT2D eigenvalue weighted by molar-refractivity contribution is -0.0918. The molecule has 0 unspecified atom stereocenters. The van der Waals surface area contributed by atoms with E-state index in [0.29, 0.717) is 29.1 Å². The highest BCUT2D eigenvalue weighted by Crippen LogP contribution is 2.25. The minimum Gasteiger partial charge on any atom is -0.266 e. The fourth-order valence-corrected chi connectivity index (χ4v) is 3.63. The van der Waals surface area contributed by atoms with Gasteiger partial charge in [-0.05, 0) is 48.7 Å². The smallest absolute Gasteiger partial charge is 0.266 e. The van der Waals surface area contributed by atoms with Crippen molar-refractivity contribution < 1.29 is 14.4 Å². The molecule has 5 nitrogen and oxygen atoms in total. The fourth-order valence-electron chi connectivity index (χ4n) is 3.04. The van der Waals surface area contributed by atoms with E-state index in [1.165, 1.54) is 0 Å². The Morgan fingerprint density at radius 3 is 2.44 bits per heavy atom. The summed E-state index contributed by atoms with van der Waals surface area (Å²) in [5.74, 6) is -0.849. The Hall–Kier alpha value is -2.28. The first kappa shape index (κ1) is 18.1. The third-order valence-electron chi connectivity index (χ3n) is 4.37. The topological polar surface area (TPSA) is 59.5 Å². The lowest BCUT2D eigenvalue weighted by Crippen LogP contribution is -2.30. The summed E-state index contributed by atoms with van der Waals surface area (Å²) in [6, 6.07) is 14.5. The van der Waals surface area contributed by atoms with Crippen molar-refractivity contribution in [1.82, 2.24) is 10.0 Å². The number of fused-ring (bicyclic) bond motifs is 2. The number of rotatable bonds is 5. The molecule has 0 aliphatic carbocycles. The number of hydroxylamine groups is 2. The first-order valence-electron chi connectivity index (χ1n) is 8.40. The molecule has 1 aliphatic rings. The summed E-state index contributed by atoms with van der Waals surface area (Å²) in [5, 5.41) is 2.28. The summed E-state index contributed by atoms with van der Waals surface area (Å²) in [6.45, 7) is 0.222. The van der Waals surface area contributed by atoms with Crippen molar-refractivity contribution in [3.63, 3.8) is 0 Å². The van der Waals surface area contributed by atoms with Crippen LogP contribution >= 0.6 is 27.5 Å². The molecule has 4 rings (SSSR count). The molecular weight excluding hydrogens is 432 g/mol. The highest BCUT2D eigenvalue weighted by Gasteiger charge is 2.36. The lowest BCUT2D eigenvalue weighted by atomic mass is 10.1. The maximum atomic E-state index is 12.2. The Morgan fingerprint density at radius 2 is 1.74 bits per heavy atom. The van der Waals surface area contributed by atoms with Crippen LogP contribution in [0.25, 0.3) is 10.9 Å². The summed E-state index contributed by atoms with van der Waals surface area (Å²) in [6.07, 6.45) is 1.22. The van der Waals surface area contributed by atoms with Gasteiger partial charge in [0.25, 0.3) is 11.8 Å². The highest BCUT2D eigenvalue weighted by atomic mass is 79.9. The first-order valence-corrected chi connectivity index (χ1v) is 9.57. The third-order valence-corrected chi connectivity index (χ3v) is 5.19. The van der Waals surface area contributed by atoms with E-state index in [1.54, 1.807) is 24.3 Å². The van der Waals surface area contributed by atoms with Crippen LogP contribution in [0, 0.1) is 0 Å². The summed E-state index contributed by atoms with van der Waals surface area (Å²) in [4.78, 5) is 34.3. The molecule has 0 atom stereocenters. The molecule has 0 N–H and O–H groups in total. The Labute approximate surface area is 169 Å². The quantitative estimate of drug-likeness (QED) is 0.321. The van der Waals surface area contributed by atoms with E-state index in [1.807, 2.05) is 24.3 Å². The molecule has 0 saturated carbocycles. The Balaban J connectivity index is 1.39. The zero-order valence-electron chi connectivity index (χ0n) is 14.1. The SMILES string of the molecule is O=C1c2ccccc2C(=O)N1OCCCc1cc2ccc(Br)cc2nc1Cl. The number of hydrogen-bond acceptors (Lipinski definition) is 4. The molecule has 0 radical (unpaired) electrons. The standard InChI is InChI=1S/C20H14BrClN2O3/c21-14-8-7-12-10-13(18(22)23-17(12)11-14)4-3-9-27-24-19(25)15-5-1-2-6-16(15)20(24)26/h1-2,5-8,10-11H,3-4,9H2. The van der Waals surface area contributed by atoms with Gasteiger partial charge in [-0.25, -0.2) is 4.98 Å². The van der Waals surface area contributed by atoms with Crippen LogP contribution in [0.15, 0.2) is 53.0 Å². The van der Waals surface area contributed by atoms with Gasteiger partial charge in [0.2, 0.25) is 0 Å². The van der Waals surface area contributed by atoms with E-state index in [2.05, 4.69) is 20.9 Å². The third kappa shape index (κ3) is 3.48. The van der Waals surface area contributed by atoms with E-state index < -0.39 is 11.8 Å². The minimum atomic E-state index is -0.424. The average molecular weight is 446 g/mol. The highest BCUT2D eigenvalue weighted by molar-refractivity contribution is 9.10. The van der Waals surface area contributed by atoms with E-state index in [-0.39, 0.29) is 6.61 Å². The number of pyridine rings is 1. The van der Waals surface area contributed by atoms with Crippen molar-refractivity contribution >= 4 is 50.2 Å². The van der Waals surface area contributed by atoms with E-state index in [9.17, 15) is 9.59 Å². The van der Waals surface area contributed by atoms with Gasteiger partial charge < -0.3 is 0 Å². The fraction of sp³-hybridized carbons (Fsp3) is 0.150. The van der Waals surface area contributed by atoms with Crippen LogP contribution in [-0.2, 0) is 11.3 Å². The summed E-state index contributed by atoms with van der Waals surface area (Å²) in [7, 11) is 0. The number of carbonyl (C=O) groups is 2. The van der Waals surface area contributed by atoms with Gasteiger partial charge in [0.05, 0.1) is 23.3 Å². The second-order valence-corrected chi connectivity index (χ2v) is 7.44. The number of amides is 2. The van der Waals surface area contributed by atoms with Crippen molar-refractivity contribution in [3.8, 4) is 0 Å². The molecule has 0 saturated heterocycles. The summed E-state index contributed by atoms with van der Waals surface area (Å²) >= 11 is 9.70. The number of imide groups is 1. The molecule has 0 fully saturated rings. The molecule has 7 heteroatoms. The molecule has 0 spiro atoms. The van der Waals surface area contributed by atoms with Gasteiger partial charge in [-0.15, -0.1) is 5.06 Å². The van der Waals surface area contributed by atoms with Crippen LogP contribution in [0.4, 0.5) is 0 Å². The molecule has 1 aromatic heterocycles. The maximum Gasteiger partial charge on any atom is 0.285 e. The molecule has 1 aliphatic heterocycles. The number of nitrogens with zero attached hydrogens (tertiary/aromatic N) is 2. The minimum absolute atomic E-state index is 0.222. The maximum absolute atomic E-state index is 12.2. The number of halogens is 2. The predicted molar refractivity (Wildman–Crippen MR) is 106 cm³/mol. The molecule has 2 amide bonds. The lowest BCUT2D eigenvalue weighted by Gasteiger charge is -2.13. The molecule has 2 aromatic carbocycles. The molecule has 3 aromatic rings. The van der Waals surface area contributed by atoms with Crippen molar-refractivity contribution in [1.29, 1.82) is 0 Å². The van der Waals surface area contributed by atoms with Crippen molar-refractivity contribution in [3.05, 3.63) is 74.8 Å². The Morgan fingerprint density at radius 1 is 1.04 bits per heavy atom. The predicted octanol–water partition coefficient (Wildman–Crippen LogP) is 4.81.